The van der Waals surface area contributed by atoms with Crippen molar-refractivity contribution in [3.63, 3.8) is 0 Å². The van der Waals surface area contributed by atoms with Crippen LogP contribution in [0.25, 0.3) is 6.08 Å². The Bertz CT molecular complexity index is 571. The van der Waals surface area contributed by atoms with E-state index in [1.54, 1.807) is 17.2 Å². The molecule has 2 amide bonds. The van der Waals surface area contributed by atoms with Crippen molar-refractivity contribution >= 4 is 18.1 Å². The zero-order chi connectivity index (χ0) is 15.9. The highest BCUT2D eigenvalue weighted by Gasteiger charge is 2.17. The van der Waals surface area contributed by atoms with E-state index in [1.165, 1.54) is 0 Å². The number of aliphatic hydroxyl groups excluding tert-OH is 1. The van der Waals surface area contributed by atoms with Gasteiger partial charge in [0.05, 0.1) is 6.10 Å². The van der Waals surface area contributed by atoms with Crippen LogP contribution >= 0.6 is 0 Å². The maximum atomic E-state index is 11.5. The number of carbonyl (C=O) groups excluding carboxylic acids is 1. The highest BCUT2D eigenvalue weighted by Crippen LogP contribution is 2.19. The van der Waals surface area contributed by atoms with Crippen LogP contribution in [0.3, 0.4) is 0 Å². The van der Waals surface area contributed by atoms with Gasteiger partial charge in [-0.15, -0.1) is 0 Å². The second-order valence-corrected chi connectivity index (χ2v) is 5.21. The van der Waals surface area contributed by atoms with Crippen molar-refractivity contribution in [1.82, 2.24) is 10.2 Å². The summed E-state index contributed by atoms with van der Waals surface area (Å²) in [6.45, 7) is 0.942. The van der Waals surface area contributed by atoms with E-state index in [4.69, 9.17) is 5.11 Å². The lowest BCUT2D eigenvalue weighted by atomic mass is 10.0. The van der Waals surface area contributed by atoms with E-state index in [0.29, 0.717) is 12.8 Å². The molecule has 3 N–H and O–H groups in total. The minimum absolute atomic E-state index is 0.132. The minimum atomic E-state index is -1.10. The molecule has 0 spiro atoms. The molecule has 0 aliphatic carbocycles. The molecule has 22 heavy (non-hydrogen) atoms. The summed E-state index contributed by atoms with van der Waals surface area (Å²) in [6, 6.07) is 7.35. The Morgan fingerprint density at radius 1 is 1.45 bits per heavy atom. The fourth-order valence-electron chi connectivity index (χ4n) is 2.36. The molecule has 0 bridgehead atoms. The maximum absolute atomic E-state index is 11.5. The topological polar surface area (TPSA) is 89.9 Å². The molecule has 1 unspecified atom stereocenters. The van der Waals surface area contributed by atoms with Crippen LogP contribution in [0.15, 0.2) is 30.5 Å². The first-order valence-corrected chi connectivity index (χ1v) is 7.29. The predicted octanol–water partition coefficient (Wildman–Crippen LogP) is 1.97. The van der Waals surface area contributed by atoms with Crippen LogP contribution in [0, 0.1) is 0 Å². The first-order chi connectivity index (χ1) is 10.6. The van der Waals surface area contributed by atoms with Gasteiger partial charge in [0.25, 0.3) is 0 Å². The number of aliphatic hydroxyl groups is 1. The van der Waals surface area contributed by atoms with Gasteiger partial charge in [0.15, 0.2) is 0 Å². The van der Waals surface area contributed by atoms with E-state index in [9.17, 15) is 14.7 Å². The summed E-state index contributed by atoms with van der Waals surface area (Å²) in [5.74, 6) is 0.132. The third kappa shape index (κ3) is 4.60. The Balaban J connectivity index is 1.95. The number of nitrogens with one attached hydrogen (secondary N) is 1. The summed E-state index contributed by atoms with van der Waals surface area (Å²) in [7, 11) is 0. The van der Waals surface area contributed by atoms with Crippen molar-refractivity contribution in [1.29, 1.82) is 0 Å². The Hall–Kier alpha value is -2.34. The molecule has 1 saturated heterocycles. The molecular weight excluding hydrogens is 284 g/mol. The number of hydrogen-bond donors (Lipinski definition) is 3. The van der Waals surface area contributed by atoms with Crippen molar-refractivity contribution in [2.45, 2.75) is 25.4 Å². The standard InChI is InChI=1S/C16H20N2O4/c19-14(6-8-17-16(21)22)13-4-1-3-12(11-13)7-10-18-9-2-5-15(18)20/h1,3-4,7,10-11,14,17,19H,2,5-6,8-9H2,(H,21,22)/b10-7+. The molecule has 2 rings (SSSR count). The van der Waals surface area contributed by atoms with Crippen LogP contribution in [0.4, 0.5) is 4.79 Å². The van der Waals surface area contributed by atoms with Crippen LogP contribution in [0.1, 0.15) is 36.5 Å². The largest absolute Gasteiger partial charge is 0.465 e. The van der Waals surface area contributed by atoms with Crippen molar-refractivity contribution in [3.8, 4) is 0 Å². The average molecular weight is 304 g/mol. The van der Waals surface area contributed by atoms with Gasteiger partial charge in [-0.25, -0.2) is 4.79 Å². The fourth-order valence-corrected chi connectivity index (χ4v) is 2.36. The van der Waals surface area contributed by atoms with Gasteiger partial charge in [-0.05, 0) is 36.1 Å². The third-order valence-corrected chi connectivity index (χ3v) is 3.55. The molecule has 1 heterocycles. The quantitative estimate of drug-likeness (QED) is 0.749. The summed E-state index contributed by atoms with van der Waals surface area (Å²) in [6.07, 6.45) is 3.58. The molecule has 0 radical (unpaired) electrons. The van der Waals surface area contributed by atoms with Crippen LogP contribution in [0.2, 0.25) is 0 Å². The van der Waals surface area contributed by atoms with Gasteiger partial charge in [-0.1, -0.05) is 18.2 Å². The minimum Gasteiger partial charge on any atom is -0.465 e. The van der Waals surface area contributed by atoms with E-state index in [-0.39, 0.29) is 12.5 Å². The summed E-state index contributed by atoms with van der Waals surface area (Å²) in [4.78, 5) is 23.6. The van der Waals surface area contributed by atoms with E-state index < -0.39 is 12.2 Å². The number of carbonyl (C=O) groups is 2. The number of rotatable bonds is 6. The Morgan fingerprint density at radius 2 is 2.27 bits per heavy atom. The summed E-state index contributed by atoms with van der Waals surface area (Å²) >= 11 is 0. The summed E-state index contributed by atoms with van der Waals surface area (Å²) in [5.41, 5.74) is 1.62. The molecule has 1 fully saturated rings. The second-order valence-electron chi connectivity index (χ2n) is 5.21. The van der Waals surface area contributed by atoms with Gasteiger partial charge in [-0.3, -0.25) is 4.79 Å². The zero-order valence-corrected chi connectivity index (χ0v) is 12.2. The molecule has 0 aromatic heterocycles. The Kier molecular flexibility index (Phi) is 5.55. The van der Waals surface area contributed by atoms with Crippen molar-refractivity contribution in [2.24, 2.45) is 0 Å². The monoisotopic (exact) mass is 304 g/mol. The number of carboxylic acid groups (broad SMARTS) is 1. The van der Waals surface area contributed by atoms with Gasteiger partial charge in [0, 0.05) is 25.7 Å². The number of nitrogens with zero attached hydrogens (tertiary/aromatic N) is 1. The fraction of sp³-hybridized carbons (Fsp3) is 0.375. The number of benzene rings is 1. The van der Waals surface area contributed by atoms with Crippen LogP contribution < -0.4 is 5.32 Å². The van der Waals surface area contributed by atoms with Crippen molar-refractivity contribution < 1.29 is 19.8 Å². The van der Waals surface area contributed by atoms with Gasteiger partial charge in [0.1, 0.15) is 0 Å². The zero-order valence-electron chi connectivity index (χ0n) is 12.2. The van der Waals surface area contributed by atoms with Crippen LogP contribution in [-0.2, 0) is 4.79 Å². The lowest BCUT2D eigenvalue weighted by molar-refractivity contribution is -0.125. The van der Waals surface area contributed by atoms with E-state index in [2.05, 4.69) is 5.32 Å². The van der Waals surface area contributed by atoms with Gasteiger partial charge < -0.3 is 20.4 Å². The molecule has 1 atom stereocenters. The third-order valence-electron chi connectivity index (χ3n) is 3.55. The van der Waals surface area contributed by atoms with Crippen molar-refractivity contribution in [2.75, 3.05) is 13.1 Å². The van der Waals surface area contributed by atoms with Crippen LogP contribution in [0.5, 0.6) is 0 Å². The molecular formula is C16H20N2O4. The maximum Gasteiger partial charge on any atom is 0.404 e. The molecule has 1 aliphatic rings. The first kappa shape index (κ1) is 16.0. The summed E-state index contributed by atoms with van der Waals surface area (Å²) in [5, 5.41) is 20.8. The molecule has 6 nitrogen and oxygen atoms in total. The highest BCUT2D eigenvalue weighted by atomic mass is 16.4. The lowest BCUT2D eigenvalue weighted by Gasteiger charge is -2.12. The molecule has 1 aromatic carbocycles. The Labute approximate surface area is 129 Å². The number of hydrogen-bond acceptors (Lipinski definition) is 3. The van der Waals surface area contributed by atoms with Crippen molar-refractivity contribution in [3.05, 3.63) is 41.6 Å². The molecule has 6 heteroatoms. The highest BCUT2D eigenvalue weighted by molar-refractivity contribution is 5.79. The smallest absolute Gasteiger partial charge is 0.404 e. The van der Waals surface area contributed by atoms with E-state index in [1.807, 2.05) is 24.3 Å². The SMILES string of the molecule is O=C(O)NCCC(O)c1cccc(/C=C/N2CCCC2=O)c1. The predicted molar refractivity (Wildman–Crippen MR) is 82.0 cm³/mol. The molecule has 1 aliphatic heterocycles. The van der Waals surface area contributed by atoms with Crippen LogP contribution in [-0.4, -0.2) is 40.2 Å². The normalized spacial score (nSPS) is 16.2. The van der Waals surface area contributed by atoms with E-state index >= 15 is 0 Å². The summed E-state index contributed by atoms with van der Waals surface area (Å²) < 4.78 is 0. The van der Waals surface area contributed by atoms with Gasteiger partial charge in [0.2, 0.25) is 5.91 Å². The number of amides is 2. The number of likely N-dealkylation sites (tertiary alicyclic amines) is 1. The molecule has 1 aromatic rings. The second kappa shape index (κ2) is 7.61. The average Bonchev–Trinajstić information content (AvgIpc) is 2.90. The first-order valence-electron chi connectivity index (χ1n) is 7.29. The van der Waals surface area contributed by atoms with Gasteiger partial charge in [-0.2, -0.15) is 0 Å². The Morgan fingerprint density at radius 3 is 2.95 bits per heavy atom. The molecule has 0 saturated carbocycles. The van der Waals surface area contributed by atoms with E-state index in [0.717, 1.165) is 24.1 Å². The lowest BCUT2D eigenvalue weighted by Crippen LogP contribution is -2.23. The molecule has 118 valence electrons. The van der Waals surface area contributed by atoms with Gasteiger partial charge >= 0.3 is 6.09 Å².